The summed E-state index contributed by atoms with van der Waals surface area (Å²) >= 11 is 0. The highest BCUT2D eigenvalue weighted by Gasteiger charge is 2.61. The largest absolute Gasteiger partial charge is 0.353 e. The molecule has 0 aromatic rings. The van der Waals surface area contributed by atoms with Gasteiger partial charge in [0.2, 0.25) is 5.91 Å². The van der Waals surface area contributed by atoms with Gasteiger partial charge in [0.25, 0.3) is 0 Å². The van der Waals surface area contributed by atoms with Crippen LogP contribution in [0.15, 0.2) is 0 Å². The summed E-state index contributed by atoms with van der Waals surface area (Å²) in [5.41, 5.74) is 0.729. The summed E-state index contributed by atoms with van der Waals surface area (Å²) in [7, 11) is 0. The average molecular weight is 249 g/mol. The van der Waals surface area contributed by atoms with Crippen molar-refractivity contribution in [2.45, 2.75) is 71.8 Å². The van der Waals surface area contributed by atoms with E-state index in [2.05, 4.69) is 26.1 Å². The number of amides is 1. The Hall–Kier alpha value is -0.530. The normalized spacial score (nSPS) is 42.4. The maximum atomic E-state index is 12.3. The zero-order valence-electron chi connectivity index (χ0n) is 12.1. The Labute approximate surface area is 111 Å². The van der Waals surface area contributed by atoms with Crippen molar-refractivity contribution in [3.63, 3.8) is 0 Å². The van der Waals surface area contributed by atoms with Gasteiger partial charge in [0.15, 0.2) is 0 Å². The molecule has 3 saturated carbocycles. The minimum Gasteiger partial charge on any atom is -0.353 e. The summed E-state index contributed by atoms with van der Waals surface area (Å²) in [6.07, 6.45) is 8.58. The Morgan fingerprint density at radius 1 is 1.11 bits per heavy atom. The van der Waals surface area contributed by atoms with Gasteiger partial charge in [-0.25, -0.2) is 0 Å². The lowest BCUT2D eigenvalue weighted by Gasteiger charge is -2.39. The minimum absolute atomic E-state index is 0.316. The fraction of sp³-hybridized carbons (Fsp3) is 0.938. The summed E-state index contributed by atoms with van der Waals surface area (Å²) in [5.74, 6) is 1.48. The zero-order chi connectivity index (χ0) is 13.0. The first-order valence-electron chi connectivity index (χ1n) is 7.75. The lowest BCUT2D eigenvalue weighted by Crippen LogP contribution is -2.48. The van der Waals surface area contributed by atoms with Crippen LogP contribution in [0.3, 0.4) is 0 Å². The van der Waals surface area contributed by atoms with Crippen molar-refractivity contribution >= 4 is 5.91 Å². The highest BCUT2D eigenvalue weighted by molar-refractivity contribution is 5.79. The van der Waals surface area contributed by atoms with Crippen LogP contribution in [0, 0.1) is 22.7 Å². The Morgan fingerprint density at radius 2 is 1.78 bits per heavy atom. The molecule has 0 aliphatic heterocycles. The van der Waals surface area contributed by atoms with E-state index < -0.39 is 0 Å². The highest BCUT2D eigenvalue weighted by atomic mass is 16.2. The molecule has 2 heteroatoms. The molecular formula is C16H27NO. The van der Waals surface area contributed by atoms with Crippen LogP contribution in [-0.2, 0) is 4.79 Å². The van der Waals surface area contributed by atoms with E-state index in [1.54, 1.807) is 0 Å². The van der Waals surface area contributed by atoms with E-state index in [-0.39, 0.29) is 0 Å². The highest BCUT2D eigenvalue weighted by Crippen LogP contribution is 2.65. The Bertz CT molecular complexity index is 356. The smallest absolute Gasteiger partial charge is 0.223 e. The van der Waals surface area contributed by atoms with E-state index in [4.69, 9.17) is 0 Å². The Morgan fingerprint density at radius 3 is 2.28 bits per heavy atom. The molecule has 0 unspecified atom stereocenters. The van der Waals surface area contributed by atoms with Crippen LogP contribution in [0.5, 0.6) is 0 Å². The molecule has 0 saturated heterocycles. The third-order valence-electron chi connectivity index (χ3n) is 6.84. The van der Waals surface area contributed by atoms with Crippen LogP contribution in [0.1, 0.15) is 65.7 Å². The molecule has 2 bridgehead atoms. The number of hydrogen-bond donors (Lipinski definition) is 1. The van der Waals surface area contributed by atoms with Gasteiger partial charge >= 0.3 is 0 Å². The van der Waals surface area contributed by atoms with Gasteiger partial charge in [-0.15, -0.1) is 0 Å². The van der Waals surface area contributed by atoms with Crippen molar-refractivity contribution in [3.8, 4) is 0 Å². The molecule has 3 aliphatic rings. The molecule has 0 heterocycles. The molecule has 2 nitrogen and oxygen atoms in total. The predicted molar refractivity (Wildman–Crippen MR) is 73.1 cm³/mol. The molecule has 3 fully saturated rings. The summed E-state index contributed by atoms with van der Waals surface area (Å²) in [5, 5.41) is 3.41. The molecule has 0 aromatic heterocycles. The lowest BCUT2D eigenvalue weighted by molar-refractivity contribution is -0.126. The SMILES string of the molecule is CC1(C)[C@H]2CC[C@@]1(C)[C@H](NC(=O)C1CCCC1)C2. The number of rotatable bonds is 2. The van der Waals surface area contributed by atoms with E-state index in [1.807, 2.05) is 0 Å². The molecule has 3 atom stereocenters. The monoisotopic (exact) mass is 249 g/mol. The van der Waals surface area contributed by atoms with Crippen molar-refractivity contribution in [2.75, 3.05) is 0 Å². The van der Waals surface area contributed by atoms with Gasteiger partial charge in [0, 0.05) is 12.0 Å². The van der Waals surface area contributed by atoms with Crippen LogP contribution < -0.4 is 5.32 Å². The number of fused-ring (bicyclic) bond motifs is 2. The number of hydrogen-bond acceptors (Lipinski definition) is 1. The lowest BCUT2D eigenvalue weighted by atomic mass is 9.69. The Kier molecular flexibility index (Phi) is 2.76. The minimum atomic E-state index is 0.316. The molecule has 102 valence electrons. The molecule has 1 N–H and O–H groups in total. The first-order valence-corrected chi connectivity index (χ1v) is 7.75. The van der Waals surface area contributed by atoms with Gasteiger partial charge in [-0.3, -0.25) is 4.79 Å². The Balaban J connectivity index is 1.70. The zero-order valence-corrected chi connectivity index (χ0v) is 12.1. The number of carbonyl (C=O) groups is 1. The van der Waals surface area contributed by atoms with Gasteiger partial charge in [-0.2, -0.15) is 0 Å². The molecule has 0 radical (unpaired) electrons. The molecular weight excluding hydrogens is 222 g/mol. The molecule has 0 aromatic carbocycles. The van der Waals surface area contributed by atoms with Gasteiger partial charge in [-0.1, -0.05) is 33.6 Å². The van der Waals surface area contributed by atoms with Crippen molar-refractivity contribution in [3.05, 3.63) is 0 Å². The first-order chi connectivity index (χ1) is 8.45. The van der Waals surface area contributed by atoms with Gasteiger partial charge in [0.1, 0.15) is 0 Å². The van der Waals surface area contributed by atoms with E-state index in [9.17, 15) is 4.79 Å². The second-order valence-electron chi connectivity index (χ2n) is 7.65. The van der Waals surface area contributed by atoms with Crippen LogP contribution in [0.2, 0.25) is 0 Å². The fourth-order valence-electron chi connectivity index (χ4n) is 4.90. The molecule has 18 heavy (non-hydrogen) atoms. The van der Waals surface area contributed by atoms with Crippen LogP contribution in [0.25, 0.3) is 0 Å². The fourth-order valence-corrected chi connectivity index (χ4v) is 4.90. The van der Waals surface area contributed by atoms with Crippen LogP contribution in [-0.4, -0.2) is 11.9 Å². The maximum absolute atomic E-state index is 12.3. The van der Waals surface area contributed by atoms with Gasteiger partial charge in [0.05, 0.1) is 0 Å². The second kappa shape index (κ2) is 3.98. The number of carbonyl (C=O) groups excluding carboxylic acids is 1. The first kappa shape index (κ1) is 12.5. The number of nitrogens with one attached hydrogen (secondary N) is 1. The van der Waals surface area contributed by atoms with Gasteiger partial charge in [-0.05, 0) is 48.9 Å². The van der Waals surface area contributed by atoms with Crippen LogP contribution in [0.4, 0.5) is 0 Å². The summed E-state index contributed by atoms with van der Waals surface area (Å²) in [6.45, 7) is 7.22. The van der Waals surface area contributed by atoms with E-state index >= 15 is 0 Å². The third-order valence-corrected chi connectivity index (χ3v) is 6.84. The van der Waals surface area contributed by atoms with E-state index in [0.29, 0.717) is 28.7 Å². The van der Waals surface area contributed by atoms with Crippen LogP contribution >= 0.6 is 0 Å². The van der Waals surface area contributed by atoms with E-state index in [1.165, 1.54) is 32.1 Å². The molecule has 1 amide bonds. The quantitative estimate of drug-likeness (QED) is 0.797. The van der Waals surface area contributed by atoms with Crippen molar-refractivity contribution in [2.24, 2.45) is 22.7 Å². The van der Waals surface area contributed by atoms with E-state index in [0.717, 1.165) is 18.8 Å². The second-order valence-corrected chi connectivity index (χ2v) is 7.65. The topological polar surface area (TPSA) is 29.1 Å². The van der Waals surface area contributed by atoms with Gasteiger partial charge < -0.3 is 5.32 Å². The van der Waals surface area contributed by atoms with Crippen molar-refractivity contribution in [1.29, 1.82) is 0 Å². The van der Waals surface area contributed by atoms with Crippen molar-refractivity contribution < 1.29 is 4.79 Å². The molecule has 3 rings (SSSR count). The standard InChI is InChI=1S/C16H27NO/c1-15(2)12-8-9-16(15,3)13(10-12)17-14(18)11-6-4-5-7-11/h11-13H,4-10H2,1-3H3,(H,17,18)/t12-,13+,16-/m0/s1. The summed E-state index contributed by atoms with van der Waals surface area (Å²) in [6, 6.07) is 0.430. The third kappa shape index (κ3) is 1.57. The summed E-state index contributed by atoms with van der Waals surface area (Å²) < 4.78 is 0. The summed E-state index contributed by atoms with van der Waals surface area (Å²) in [4.78, 5) is 12.3. The molecule has 0 spiro atoms. The molecule has 3 aliphatic carbocycles. The average Bonchev–Trinajstić information content (AvgIpc) is 2.95. The predicted octanol–water partition coefficient (Wildman–Crippen LogP) is 3.51. The van der Waals surface area contributed by atoms with Crippen molar-refractivity contribution in [1.82, 2.24) is 5.32 Å². The maximum Gasteiger partial charge on any atom is 0.223 e.